The van der Waals surface area contributed by atoms with Crippen molar-refractivity contribution in [2.24, 2.45) is 4.99 Å². The third-order valence-electron chi connectivity index (χ3n) is 4.42. The van der Waals surface area contributed by atoms with Crippen molar-refractivity contribution >= 4 is 24.0 Å². The van der Waals surface area contributed by atoms with Gasteiger partial charge in [0.25, 0.3) is 0 Å². The van der Waals surface area contributed by atoms with Gasteiger partial charge in [-0.05, 0) is 56.5 Å². The molecule has 2 rings (SSSR count). The van der Waals surface area contributed by atoms with E-state index in [1.54, 1.807) is 37.6 Å². The summed E-state index contributed by atoms with van der Waals surface area (Å²) in [5.41, 5.74) is 0.727. The molecule has 0 heterocycles. The largest absolute Gasteiger partial charge is 0.419 e. The number of nitrogens with zero attached hydrogens (tertiary/aromatic N) is 1. The minimum absolute atomic E-state index is 0.144. The number of anilines is 1. The summed E-state index contributed by atoms with van der Waals surface area (Å²) in [6.45, 7) is 8.62. The van der Waals surface area contributed by atoms with Crippen molar-refractivity contribution in [2.45, 2.75) is 19.5 Å². The van der Waals surface area contributed by atoms with Gasteiger partial charge in [-0.25, -0.2) is 0 Å². The van der Waals surface area contributed by atoms with Gasteiger partial charge >= 0.3 is 6.18 Å². The smallest absolute Gasteiger partial charge is 0.342 e. The summed E-state index contributed by atoms with van der Waals surface area (Å²) < 4.78 is 52.6. The van der Waals surface area contributed by atoms with E-state index in [9.17, 15) is 17.7 Å². The van der Waals surface area contributed by atoms with Gasteiger partial charge in [-0.15, -0.1) is 0 Å². The van der Waals surface area contributed by atoms with Crippen molar-refractivity contribution in [1.82, 2.24) is 5.32 Å². The lowest BCUT2D eigenvalue weighted by Gasteiger charge is -2.18. The van der Waals surface area contributed by atoms with Crippen molar-refractivity contribution < 1.29 is 17.7 Å². The molecule has 0 atom stereocenters. The molecular weight excluding hydrogens is 422 g/mol. The van der Waals surface area contributed by atoms with Gasteiger partial charge in [0, 0.05) is 17.5 Å². The van der Waals surface area contributed by atoms with Gasteiger partial charge in [-0.3, -0.25) is 4.99 Å². The van der Waals surface area contributed by atoms with Gasteiger partial charge < -0.3 is 15.2 Å². The normalized spacial score (nSPS) is 13.1. The van der Waals surface area contributed by atoms with E-state index in [1.807, 2.05) is 30.3 Å². The Kier molecular flexibility index (Phi) is 8.28. The van der Waals surface area contributed by atoms with E-state index < -0.39 is 18.9 Å². The van der Waals surface area contributed by atoms with Gasteiger partial charge in [-0.1, -0.05) is 43.0 Å². The molecule has 166 valence electrons. The van der Waals surface area contributed by atoms with Crippen molar-refractivity contribution in [1.29, 1.82) is 0 Å². The molecule has 0 saturated heterocycles. The zero-order chi connectivity index (χ0) is 23.1. The SMILES string of the molecule is C=C(NC(=NCCc1ccccc1)/C(=C\C)C(F)(F)F)Nc1ccc(P(C)(C)=O)cc1. The molecule has 0 fully saturated rings. The average Bonchev–Trinajstić information content (AvgIpc) is 2.67. The lowest BCUT2D eigenvalue weighted by Crippen LogP contribution is -2.33. The first-order chi connectivity index (χ1) is 14.5. The fraction of sp³-hybridized carbons (Fsp3) is 0.261. The van der Waals surface area contributed by atoms with Crippen LogP contribution in [0.5, 0.6) is 0 Å². The summed E-state index contributed by atoms with van der Waals surface area (Å²) in [4.78, 5) is 4.16. The summed E-state index contributed by atoms with van der Waals surface area (Å²) in [6.07, 6.45) is -3.06. The summed E-state index contributed by atoms with van der Waals surface area (Å²) in [5.74, 6) is -0.155. The topological polar surface area (TPSA) is 53.5 Å². The fourth-order valence-corrected chi connectivity index (χ4v) is 3.69. The highest BCUT2D eigenvalue weighted by molar-refractivity contribution is 7.70. The van der Waals surface area contributed by atoms with Crippen LogP contribution in [0.3, 0.4) is 0 Å². The zero-order valence-corrected chi connectivity index (χ0v) is 18.7. The Hall–Kier alpha value is -2.79. The van der Waals surface area contributed by atoms with E-state index in [0.717, 1.165) is 11.6 Å². The number of hydrogen-bond acceptors (Lipinski definition) is 3. The Morgan fingerprint density at radius 2 is 1.71 bits per heavy atom. The Balaban J connectivity index is 2.14. The molecular formula is C23H27F3N3OP. The molecule has 31 heavy (non-hydrogen) atoms. The Morgan fingerprint density at radius 3 is 2.23 bits per heavy atom. The number of alkyl halides is 3. The molecule has 0 spiro atoms. The van der Waals surface area contributed by atoms with Crippen LogP contribution in [0, 0.1) is 0 Å². The average molecular weight is 449 g/mol. The number of halogens is 3. The van der Waals surface area contributed by atoms with E-state index in [4.69, 9.17) is 0 Å². The van der Waals surface area contributed by atoms with Crippen LogP contribution in [0.15, 0.2) is 83.6 Å². The molecule has 2 aromatic rings. The van der Waals surface area contributed by atoms with E-state index in [-0.39, 0.29) is 18.2 Å². The molecule has 0 aliphatic heterocycles. The third-order valence-corrected chi connectivity index (χ3v) is 5.96. The molecule has 0 radical (unpaired) electrons. The Morgan fingerprint density at radius 1 is 1.10 bits per heavy atom. The summed E-state index contributed by atoms with van der Waals surface area (Å²) in [7, 11) is -2.39. The van der Waals surface area contributed by atoms with Crippen LogP contribution in [0.25, 0.3) is 0 Å². The number of benzene rings is 2. The quantitative estimate of drug-likeness (QED) is 0.315. The van der Waals surface area contributed by atoms with Crippen LogP contribution in [-0.2, 0) is 11.0 Å². The van der Waals surface area contributed by atoms with Gasteiger partial charge in [0.15, 0.2) is 0 Å². The summed E-state index contributed by atoms with van der Waals surface area (Å²) in [6, 6.07) is 16.3. The first-order valence-corrected chi connectivity index (χ1v) is 12.3. The molecule has 0 aromatic heterocycles. The lowest BCUT2D eigenvalue weighted by molar-refractivity contribution is -0.0864. The number of hydrogen-bond donors (Lipinski definition) is 2. The maximum Gasteiger partial charge on any atom is 0.419 e. The van der Waals surface area contributed by atoms with Crippen LogP contribution >= 0.6 is 7.14 Å². The number of rotatable bonds is 8. The second-order valence-corrected chi connectivity index (χ2v) is 10.5. The standard InChI is InChI=1S/C23H27F3N3OP/c1-5-21(23(24,25)26)22(27-16-15-18-9-7-6-8-10-18)29-17(2)28-19-11-13-20(14-12-19)31(3,4)30/h5-14,28H,2,15-16H2,1,3-4H3,(H,27,29)/b21-5+. The number of aliphatic imine (C=N–C) groups is 1. The number of allylic oxidation sites excluding steroid dienone is 1. The molecule has 0 saturated carbocycles. The lowest BCUT2D eigenvalue weighted by atomic mass is 10.1. The van der Waals surface area contributed by atoms with Crippen molar-refractivity contribution in [3.8, 4) is 0 Å². The molecule has 4 nitrogen and oxygen atoms in total. The Bertz CT molecular complexity index is 991. The van der Waals surface area contributed by atoms with Crippen molar-refractivity contribution in [3.63, 3.8) is 0 Å². The van der Waals surface area contributed by atoms with Gasteiger partial charge in [-0.2, -0.15) is 13.2 Å². The minimum Gasteiger partial charge on any atom is -0.342 e. The zero-order valence-electron chi connectivity index (χ0n) is 17.8. The van der Waals surface area contributed by atoms with E-state index in [0.29, 0.717) is 17.4 Å². The van der Waals surface area contributed by atoms with Gasteiger partial charge in [0.1, 0.15) is 18.8 Å². The third kappa shape index (κ3) is 7.76. The second kappa shape index (κ2) is 10.5. The number of amidine groups is 1. The molecule has 2 aromatic carbocycles. The first-order valence-electron chi connectivity index (χ1n) is 9.71. The molecule has 0 aliphatic carbocycles. The minimum atomic E-state index is -4.56. The predicted octanol–water partition coefficient (Wildman–Crippen LogP) is 5.56. The van der Waals surface area contributed by atoms with Crippen LogP contribution in [0.4, 0.5) is 18.9 Å². The molecule has 2 N–H and O–H groups in total. The molecule has 0 unspecified atom stereocenters. The highest BCUT2D eigenvalue weighted by atomic mass is 31.2. The van der Waals surface area contributed by atoms with Gasteiger partial charge in [0.05, 0.1) is 5.57 Å². The Labute approximate surface area is 181 Å². The second-order valence-electron chi connectivity index (χ2n) is 7.29. The molecule has 0 amide bonds. The predicted molar refractivity (Wildman–Crippen MR) is 124 cm³/mol. The number of nitrogens with one attached hydrogen (secondary N) is 2. The van der Waals surface area contributed by atoms with Gasteiger partial charge in [0.2, 0.25) is 0 Å². The van der Waals surface area contributed by atoms with E-state index in [2.05, 4.69) is 22.2 Å². The highest BCUT2D eigenvalue weighted by Crippen LogP contribution is 2.34. The molecule has 8 heteroatoms. The highest BCUT2D eigenvalue weighted by Gasteiger charge is 2.36. The van der Waals surface area contributed by atoms with Crippen molar-refractivity contribution in [2.75, 3.05) is 25.2 Å². The van der Waals surface area contributed by atoms with Crippen LogP contribution in [-0.4, -0.2) is 31.9 Å². The maximum absolute atomic E-state index is 13.5. The summed E-state index contributed by atoms with van der Waals surface area (Å²) in [5, 5.41) is 6.29. The van der Waals surface area contributed by atoms with E-state index >= 15 is 0 Å². The summed E-state index contributed by atoms with van der Waals surface area (Å²) >= 11 is 0. The molecule has 0 bridgehead atoms. The maximum atomic E-state index is 13.5. The van der Waals surface area contributed by atoms with Crippen LogP contribution < -0.4 is 15.9 Å². The fourth-order valence-electron chi connectivity index (χ4n) is 2.82. The van der Waals surface area contributed by atoms with Crippen LogP contribution in [0.1, 0.15) is 12.5 Å². The van der Waals surface area contributed by atoms with Crippen molar-refractivity contribution in [3.05, 3.63) is 84.2 Å². The van der Waals surface area contributed by atoms with E-state index in [1.165, 1.54) is 6.92 Å². The monoisotopic (exact) mass is 449 g/mol. The first kappa shape index (κ1) is 24.5. The molecule has 0 aliphatic rings. The van der Waals surface area contributed by atoms with Crippen LogP contribution in [0.2, 0.25) is 0 Å².